The van der Waals surface area contributed by atoms with E-state index in [0.29, 0.717) is 81.3 Å². The molecule has 3 N–H and O–H groups in total. The van der Waals surface area contributed by atoms with Gasteiger partial charge in [-0.15, -0.1) is 0 Å². The molecule has 0 unspecified atom stereocenters. The molecular weight excluding hydrogens is 496 g/mol. The van der Waals surface area contributed by atoms with Crippen LogP contribution in [0.3, 0.4) is 0 Å². The van der Waals surface area contributed by atoms with Gasteiger partial charge < -0.3 is 30.3 Å². The van der Waals surface area contributed by atoms with Crippen LogP contribution in [-0.4, -0.2) is 73.3 Å². The van der Waals surface area contributed by atoms with Crippen molar-refractivity contribution < 1.29 is 24.2 Å². The predicted octanol–water partition coefficient (Wildman–Crippen LogP) is 3.62. The van der Waals surface area contributed by atoms with E-state index >= 15 is 0 Å². The smallest absolute Gasteiger partial charge is 0.317 e. The number of carboxylic acids is 1. The summed E-state index contributed by atoms with van der Waals surface area (Å²) in [4.78, 5) is 40.0. The van der Waals surface area contributed by atoms with E-state index in [1.807, 2.05) is 24.3 Å². The zero-order valence-electron chi connectivity index (χ0n) is 20.7. The maximum Gasteiger partial charge on any atom is 0.317 e. The predicted molar refractivity (Wildman–Crippen MR) is 141 cm³/mol. The van der Waals surface area contributed by atoms with Crippen LogP contribution in [0.25, 0.3) is 0 Å². The minimum Gasteiger partial charge on any atom is -0.490 e. The average Bonchev–Trinajstić information content (AvgIpc) is 2.92. The monoisotopic (exact) mass is 528 g/mol. The lowest BCUT2D eigenvalue weighted by molar-refractivity contribution is -0.143. The Morgan fingerprint density at radius 1 is 0.892 bits per heavy atom. The fourth-order valence-corrected chi connectivity index (χ4v) is 4.98. The Hall–Kier alpha value is -3.46. The number of para-hydroxylation sites is 1. The number of hydrogen-bond donors (Lipinski definition) is 3. The number of carbonyl (C=O) groups excluding carboxylic acids is 2. The molecule has 1 saturated carbocycles. The van der Waals surface area contributed by atoms with E-state index in [9.17, 15) is 14.4 Å². The van der Waals surface area contributed by atoms with E-state index in [0.717, 1.165) is 5.69 Å². The molecule has 0 bridgehead atoms. The van der Waals surface area contributed by atoms with Crippen molar-refractivity contribution in [1.29, 1.82) is 0 Å². The van der Waals surface area contributed by atoms with E-state index in [1.165, 1.54) is 0 Å². The molecule has 0 radical (unpaired) electrons. The van der Waals surface area contributed by atoms with Gasteiger partial charge in [-0.1, -0.05) is 23.7 Å². The molecule has 4 rings (SSSR count). The molecule has 9 nitrogen and oxygen atoms in total. The molecule has 2 aliphatic rings. The molecule has 198 valence electrons. The summed E-state index contributed by atoms with van der Waals surface area (Å²) in [6.07, 6.45) is 2.66. The largest absolute Gasteiger partial charge is 0.490 e. The Morgan fingerprint density at radius 3 is 2.19 bits per heavy atom. The van der Waals surface area contributed by atoms with E-state index in [4.69, 9.17) is 21.4 Å². The third-order valence-corrected chi connectivity index (χ3v) is 7.21. The van der Waals surface area contributed by atoms with Crippen LogP contribution < -0.4 is 20.3 Å². The lowest BCUT2D eigenvalue weighted by Crippen LogP contribution is -2.52. The Morgan fingerprint density at radius 2 is 1.54 bits per heavy atom. The normalized spacial score (nSPS) is 19.7. The van der Waals surface area contributed by atoms with Gasteiger partial charge in [-0.2, -0.15) is 0 Å². The molecule has 2 fully saturated rings. The number of aliphatic carboxylic acids is 1. The Kier molecular flexibility index (Phi) is 9.11. The second kappa shape index (κ2) is 12.7. The fraction of sp³-hybridized carbons (Fsp3) is 0.444. The standard InChI is InChI=1S/C27H33ClN4O5/c28-23-3-1-2-4-24(23)31-15-17-32(18-16-31)27(36)30-14-13-29-25(33)19-5-9-21(10-6-19)37-22-11-7-20(8-12-22)26(34)35/h1-6,9-10,20,22H,7-8,11-18H2,(H,29,33)(H,30,36)(H,34,35). The highest BCUT2D eigenvalue weighted by Crippen LogP contribution is 2.28. The quantitative estimate of drug-likeness (QED) is 0.451. The molecular formula is C27H33ClN4O5. The number of rotatable bonds is 8. The molecule has 37 heavy (non-hydrogen) atoms. The summed E-state index contributed by atoms with van der Waals surface area (Å²) in [5.74, 6) is -0.575. The number of nitrogens with one attached hydrogen (secondary N) is 2. The summed E-state index contributed by atoms with van der Waals surface area (Å²) in [5.41, 5.74) is 1.48. The molecule has 0 atom stereocenters. The third-order valence-electron chi connectivity index (χ3n) is 6.89. The van der Waals surface area contributed by atoms with Crippen LogP contribution in [0.1, 0.15) is 36.0 Å². The minimum absolute atomic E-state index is 0.00185. The van der Waals surface area contributed by atoms with Crippen LogP contribution in [0.2, 0.25) is 5.02 Å². The van der Waals surface area contributed by atoms with Crippen LogP contribution >= 0.6 is 11.6 Å². The van der Waals surface area contributed by atoms with Gasteiger partial charge in [0.05, 0.1) is 22.7 Å². The maximum absolute atomic E-state index is 12.5. The summed E-state index contributed by atoms with van der Waals surface area (Å²) >= 11 is 6.28. The Balaban J connectivity index is 1.13. The highest BCUT2D eigenvalue weighted by Gasteiger charge is 2.27. The zero-order valence-corrected chi connectivity index (χ0v) is 21.5. The number of urea groups is 1. The number of carbonyl (C=O) groups is 3. The first-order valence-corrected chi connectivity index (χ1v) is 13.1. The van der Waals surface area contributed by atoms with Crippen LogP contribution in [-0.2, 0) is 4.79 Å². The number of anilines is 1. The van der Waals surface area contributed by atoms with Crippen molar-refractivity contribution in [1.82, 2.24) is 15.5 Å². The van der Waals surface area contributed by atoms with Crippen LogP contribution in [0.4, 0.5) is 10.5 Å². The number of amides is 3. The minimum atomic E-state index is -0.735. The van der Waals surface area contributed by atoms with Gasteiger partial charge in [0.25, 0.3) is 5.91 Å². The van der Waals surface area contributed by atoms with Gasteiger partial charge >= 0.3 is 12.0 Å². The molecule has 1 aliphatic heterocycles. The number of benzene rings is 2. The molecule has 2 aromatic rings. The average molecular weight is 529 g/mol. The Bertz CT molecular complexity index is 1080. The van der Waals surface area contributed by atoms with Gasteiger partial charge in [0.2, 0.25) is 0 Å². The number of ether oxygens (including phenoxy) is 1. The van der Waals surface area contributed by atoms with E-state index in [-0.39, 0.29) is 24.0 Å². The highest BCUT2D eigenvalue weighted by atomic mass is 35.5. The molecule has 0 aromatic heterocycles. The number of piperazine rings is 1. The lowest BCUT2D eigenvalue weighted by atomic mass is 9.87. The SMILES string of the molecule is O=C(NCCNC(=O)N1CCN(c2ccccc2Cl)CC1)c1ccc(OC2CCC(C(=O)O)CC2)cc1. The number of nitrogens with zero attached hydrogens (tertiary/aromatic N) is 2. The second-order valence-electron chi connectivity index (χ2n) is 9.37. The molecule has 1 aliphatic carbocycles. The van der Waals surface area contributed by atoms with Gasteiger partial charge in [-0.05, 0) is 62.1 Å². The summed E-state index contributed by atoms with van der Waals surface area (Å²) in [5, 5.41) is 15.5. The molecule has 2 aromatic carbocycles. The number of halogens is 1. The maximum atomic E-state index is 12.5. The van der Waals surface area contributed by atoms with Gasteiger partial charge in [0, 0.05) is 44.8 Å². The molecule has 10 heteroatoms. The van der Waals surface area contributed by atoms with Crippen molar-refractivity contribution in [2.24, 2.45) is 5.92 Å². The first-order chi connectivity index (χ1) is 17.9. The van der Waals surface area contributed by atoms with Crippen LogP contribution in [0.15, 0.2) is 48.5 Å². The molecule has 1 saturated heterocycles. The number of carboxylic acid groups (broad SMARTS) is 1. The summed E-state index contributed by atoms with van der Waals surface area (Å²) in [6.45, 7) is 3.25. The first kappa shape index (κ1) is 26.6. The summed E-state index contributed by atoms with van der Waals surface area (Å²) < 4.78 is 5.95. The fourth-order valence-electron chi connectivity index (χ4n) is 4.72. The van der Waals surface area contributed by atoms with Crippen molar-refractivity contribution in [3.63, 3.8) is 0 Å². The summed E-state index contributed by atoms with van der Waals surface area (Å²) in [6, 6.07) is 14.5. The van der Waals surface area contributed by atoms with Gasteiger partial charge in [0.1, 0.15) is 5.75 Å². The van der Waals surface area contributed by atoms with E-state index < -0.39 is 5.97 Å². The van der Waals surface area contributed by atoms with Crippen molar-refractivity contribution in [2.75, 3.05) is 44.2 Å². The topological polar surface area (TPSA) is 111 Å². The second-order valence-corrected chi connectivity index (χ2v) is 9.77. The van der Waals surface area contributed by atoms with Gasteiger partial charge in [-0.25, -0.2) is 4.79 Å². The summed E-state index contributed by atoms with van der Waals surface area (Å²) in [7, 11) is 0. The first-order valence-electron chi connectivity index (χ1n) is 12.7. The van der Waals surface area contributed by atoms with Crippen LogP contribution in [0.5, 0.6) is 5.75 Å². The highest BCUT2D eigenvalue weighted by molar-refractivity contribution is 6.33. The van der Waals surface area contributed by atoms with Crippen molar-refractivity contribution >= 4 is 35.2 Å². The van der Waals surface area contributed by atoms with Crippen molar-refractivity contribution in [2.45, 2.75) is 31.8 Å². The third kappa shape index (κ3) is 7.29. The lowest BCUT2D eigenvalue weighted by Gasteiger charge is -2.36. The van der Waals surface area contributed by atoms with Gasteiger partial charge in [-0.3, -0.25) is 9.59 Å². The molecule has 3 amide bonds. The van der Waals surface area contributed by atoms with Crippen molar-refractivity contribution in [3.8, 4) is 5.75 Å². The number of hydrogen-bond acceptors (Lipinski definition) is 5. The molecule has 1 heterocycles. The Labute approximate surface area is 221 Å². The van der Waals surface area contributed by atoms with E-state index in [1.54, 1.807) is 29.2 Å². The van der Waals surface area contributed by atoms with Crippen LogP contribution in [0, 0.1) is 5.92 Å². The van der Waals surface area contributed by atoms with Gasteiger partial charge in [0.15, 0.2) is 0 Å². The zero-order chi connectivity index (χ0) is 26.2. The van der Waals surface area contributed by atoms with E-state index in [2.05, 4.69) is 15.5 Å². The van der Waals surface area contributed by atoms with Crippen molar-refractivity contribution in [3.05, 3.63) is 59.1 Å². The molecule has 0 spiro atoms.